The van der Waals surface area contributed by atoms with Crippen LogP contribution in [0.15, 0.2) is 61.2 Å². The molecule has 0 aliphatic carbocycles. The summed E-state index contributed by atoms with van der Waals surface area (Å²) >= 11 is 0. The number of carbonyl (C=O) groups excluding carboxylic acids is 2. The quantitative estimate of drug-likeness (QED) is 0.212. The molecule has 2 aromatic heterocycles. The van der Waals surface area contributed by atoms with Crippen molar-refractivity contribution in [3.8, 4) is 11.5 Å². The first kappa shape index (κ1) is 23.8. The van der Waals surface area contributed by atoms with Crippen LogP contribution in [0.5, 0.6) is 11.5 Å². The fourth-order valence-corrected chi connectivity index (χ4v) is 4.07. The minimum absolute atomic E-state index is 0.104. The van der Waals surface area contributed by atoms with Gasteiger partial charge < -0.3 is 19.4 Å². The van der Waals surface area contributed by atoms with Gasteiger partial charge in [0, 0.05) is 13.1 Å². The Kier molecular flexibility index (Phi) is 7.01. The molecule has 2 aromatic carbocycles. The Bertz CT molecular complexity index is 1440. The number of ketones is 1. The van der Waals surface area contributed by atoms with E-state index in [1.54, 1.807) is 30.4 Å². The molecule has 0 aliphatic rings. The van der Waals surface area contributed by atoms with Crippen LogP contribution in [0.2, 0.25) is 0 Å². The van der Waals surface area contributed by atoms with Crippen LogP contribution in [0.3, 0.4) is 0 Å². The second kappa shape index (κ2) is 10.3. The summed E-state index contributed by atoms with van der Waals surface area (Å²) in [6.07, 6.45) is 5.06. The summed E-state index contributed by atoms with van der Waals surface area (Å²) in [5.41, 5.74) is 4.63. The molecule has 0 radical (unpaired) electrons. The van der Waals surface area contributed by atoms with Gasteiger partial charge in [-0.3, -0.25) is 9.59 Å². The van der Waals surface area contributed by atoms with E-state index in [1.807, 2.05) is 47.2 Å². The maximum absolute atomic E-state index is 13.3. The smallest absolute Gasteiger partial charge is 0.257 e. The van der Waals surface area contributed by atoms with Gasteiger partial charge in [-0.15, -0.1) is 6.58 Å². The van der Waals surface area contributed by atoms with Crippen LogP contribution >= 0.6 is 0 Å². The Balaban J connectivity index is 1.64. The molecule has 0 spiro atoms. The first-order valence-electron chi connectivity index (χ1n) is 11.4. The predicted octanol–water partition coefficient (Wildman–Crippen LogP) is 4.20. The van der Waals surface area contributed by atoms with E-state index < -0.39 is 0 Å². The number of hydrogen-bond donors (Lipinski definition) is 1. The molecule has 2 heterocycles. The molecular formula is C27H28N4O4. The summed E-state index contributed by atoms with van der Waals surface area (Å²) in [5, 5.41) is 7.33. The normalized spacial score (nSPS) is 11.3. The highest BCUT2D eigenvalue weighted by atomic mass is 16.5. The molecule has 0 fully saturated rings. The molecule has 1 N–H and O–H groups in total. The molecule has 0 saturated carbocycles. The molecule has 8 heteroatoms. The highest BCUT2D eigenvalue weighted by molar-refractivity contribution is 6.12. The average molecular weight is 473 g/mol. The second-order valence-corrected chi connectivity index (χ2v) is 7.93. The van der Waals surface area contributed by atoms with Crippen LogP contribution in [0, 0.1) is 6.92 Å². The second-order valence-electron chi connectivity index (χ2n) is 7.93. The van der Waals surface area contributed by atoms with Crippen LogP contribution < -0.4 is 14.8 Å². The minimum atomic E-state index is -0.208. The number of ether oxygens (including phenoxy) is 2. The van der Waals surface area contributed by atoms with E-state index in [9.17, 15) is 9.59 Å². The van der Waals surface area contributed by atoms with Crippen LogP contribution in [0.1, 0.15) is 28.5 Å². The predicted molar refractivity (Wildman–Crippen MR) is 136 cm³/mol. The van der Waals surface area contributed by atoms with Crippen molar-refractivity contribution in [3.05, 3.63) is 78.0 Å². The van der Waals surface area contributed by atoms with Gasteiger partial charge in [-0.2, -0.15) is 5.10 Å². The summed E-state index contributed by atoms with van der Waals surface area (Å²) in [6.45, 7) is 8.54. The van der Waals surface area contributed by atoms with Crippen molar-refractivity contribution in [2.24, 2.45) is 0 Å². The van der Waals surface area contributed by atoms with E-state index in [2.05, 4.69) is 17.0 Å². The van der Waals surface area contributed by atoms with Gasteiger partial charge in [0.2, 0.25) is 0 Å². The van der Waals surface area contributed by atoms with Crippen LogP contribution in [0.4, 0.5) is 0 Å². The lowest BCUT2D eigenvalue weighted by Crippen LogP contribution is -2.28. The molecule has 0 unspecified atom stereocenters. The van der Waals surface area contributed by atoms with Crippen molar-refractivity contribution in [3.63, 3.8) is 0 Å². The third-order valence-electron chi connectivity index (χ3n) is 5.60. The van der Waals surface area contributed by atoms with Gasteiger partial charge >= 0.3 is 0 Å². The van der Waals surface area contributed by atoms with Crippen molar-refractivity contribution in [2.45, 2.75) is 20.4 Å². The molecule has 8 nitrogen and oxygen atoms in total. The summed E-state index contributed by atoms with van der Waals surface area (Å²) < 4.78 is 14.8. The fourth-order valence-electron chi connectivity index (χ4n) is 4.07. The third-order valence-corrected chi connectivity index (χ3v) is 5.60. The largest absolute Gasteiger partial charge is 0.493 e. The minimum Gasteiger partial charge on any atom is -0.493 e. The highest BCUT2D eigenvalue weighted by Crippen LogP contribution is 2.29. The molecule has 4 rings (SSSR count). The first-order chi connectivity index (χ1) is 17.0. The SMILES string of the molecule is C=CCn1c2ccccc2n2nc(C)c(C(=O)/C=C/c3ccc(OCC(=O)NCC)c(OC)c3)c12. The number of methoxy groups -OCH3 is 1. The van der Waals surface area contributed by atoms with Gasteiger partial charge in [0.05, 0.1) is 29.4 Å². The third kappa shape index (κ3) is 4.68. The Morgan fingerprint density at radius 3 is 2.63 bits per heavy atom. The summed E-state index contributed by atoms with van der Waals surface area (Å²) in [6, 6.07) is 13.2. The van der Waals surface area contributed by atoms with Crippen LogP contribution in [0.25, 0.3) is 22.8 Å². The van der Waals surface area contributed by atoms with Crippen molar-refractivity contribution in [1.82, 2.24) is 19.5 Å². The number of rotatable bonds is 10. The van der Waals surface area contributed by atoms with E-state index in [4.69, 9.17) is 9.47 Å². The Morgan fingerprint density at radius 2 is 1.91 bits per heavy atom. The van der Waals surface area contributed by atoms with Gasteiger partial charge in [0.1, 0.15) is 5.65 Å². The Labute approximate surface area is 203 Å². The van der Waals surface area contributed by atoms with Crippen molar-refractivity contribution >= 4 is 34.4 Å². The van der Waals surface area contributed by atoms with Gasteiger partial charge in [-0.25, -0.2) is 4.52 Å². The van der Waals surface area contributed by atoms with Gasteiger partial charge in [0.15, 0.2) is 23.9 Å². The van der Waals surface area contributed by atoms with Gasteiger partial charge in [-0.1, -0.05) is 30.4 Å². The zero-order chi connectivity index (χ0) is 24.9. The number of aryl methyl sites for hydroxylation is 1. The van der Waals surface area contributed by atoms with E-state index in [0.29, 0.717) is 35.8 Å². The number of imidazole rings is 1. The lowest BCUT2D eigenvalue weighted by atomic mass is 10.1. The van der Waals surface area contributed by atoms with Crippen LogP contribution in [-0.4, -0.2) is 46.1 Å². The lowest BCUT2D eigenvalue weighted by molar-refractivity contribution is -0.123. The molecule has 0 aliphatic heterocycles. The molecule has 0 bridgehead atoms. The number of hydrogen-bond acceptors (Lipinski definition) is 5. The average Bonchev–Trinajstić information content (AvgIpc) is 3.35. The Hall–Kier alpha value is -4.33. The standard InChI is InChI=1S/C27H28N4O4/c1-5-15-30-20-9-7-8-10-21(20)31-27(30)26(18(3)29-31)22(32)13-11-19-12-14-23(24(16-19)34-4)35-17-25(33)28-6-2/h5,7-14,16H,1,6,15,17H2,2-4H3,(H,28,33)/b13-11+. The number of nitrogens with one attached hydrogen (secondary N) is 1. The number of amides is 1. The zero-order valence-electron chi connectivity index (χ0n) is 20.1. The number of carbonyl (C=O) groups is 2. The lowest BCUT2D eigenvalue weighted by Gasteiger charge is -2.11. The number of allylic oxidation sites excluding steroid dienone is 2. The molecular weight excluding hydrogens is 444 g/mol. The van der Waals surface area contributed by atoms with Crippen molar-refractivity contribution in [1.29, 1.82) is 0 Å². The molecule has 180 valence electrons. The number of fused-ring (bicyclic) bond motifs is 3. The maximum Gasteiger partial charge on any atom is 0.257 e. The first-order valence-corrected chi connectivity index (χ1v) is 11.4. The Morgan fingerprint density at radius 1 is 1.14 bits per heavy atom. The molecule has 0 saturated heterocycles. The topological polar surface area (TPSA) is 86.9 Å². The molecule has 4 aromatic rings. The number of likely N-dealkylation sites (N-methyl/N-ethyl adjacent to an activating group) is 1. The van der Waals surface area contributed by atoms with E-state index in [0.717, 1.165) is 22.2 Å². The molecule has 0 atom stereocenters. The highest BCUT2D eigenvalue weighted by Gasteiger charge is 2.21. The van der Waals surface area contributed by atoms with E-state index in [1.165, 1.54) is 13.2 Å². The fraction of sp³-hybridized carbons (Fsp3) is 0.222. The number of para-hydroxylation sites is 2. The van der Waals surface area contributed by atoms with Gasteiger partial charge in [0.25, 0.3) is 5.91 Å². The van der Waals surface area contributed by atoms with Crippen LogP contribution in [-0.2, 0) is 11.3 Å². The summed E-state index contributed by atoms with van der Waals surface area (Å²) in [7, 11) is 1.53. The summed E-state index contributed by atoms with van der Waals surface area (Å²) in [5.74, 6) is 0.562. The number of nitrogens with zero attached hydrogens (tertiary/aromatic N) is 3. The van der Waals surface area contributed by atoms with E-state index in [-0.39, 0.29) is 18.3 Å². The summed E-state index contributed by atoms with van der Waals surface area (Å²) in [4.78, 5) is 25.0. The van der Waals surface area contributed by atoms with Crippen molar-refractivity contribution in [2.75, 3.05) is 20.3 Å². The number of benzene rings is 2. The maximum atomic E-state index is 13.3. The van der Waals surface area contributed by atoms with E-state index >= 15 is 0 Å². The molecule has 35 heavy (non-hydrogen) atoms. The number of aromatic nitrogens is 3. The molecule has 1 amide bonds. The monoisotopic (exact) mass is 472 g/mol. The van der Waals surface area contributed by atoms with Crippen molar-refractivity contribution < 1.29 is 19.1 Å². The zero-order valence-corrected chi connectivity index (χ0v) is 20.1. The van der Waals surface area contributed by atoms with Gasteiger partial charge in [-0.05, 0) is 49.8 Å².